The van der Waals surface area contributed by atoms with Gasteiger partial charge in [-0.15, -0.1) is 0 Å². The second-order valence-electron chi connectivity index (χ2n) is 8.28. The molecule has 0 unspecified atom stereocenters. The fourth-order valence-corrected chi connectivity index (χ4v) is 5.62. The lowest BCUT2D eigenvalue weighted by molar-refractivity contribution is -0.149. The molecular formula is C20H23N3O7. The molecule has 10 nitrogen and oxygen atoms in total. The number of imide groups is 3. The molecule has 0 bridgehead atoms. The van der Waals surface area contributed by atoms with E-state index >= 15 is 0 Å². The zero-order chi connectivity index (χ0) is 22.1. The lowest BCUT2D eigenvalue weighted by Gasteiger charge is -2.48. The Morgan fingerprint density at radius 2 is 1.83 bits per heavy atom. The molecule has 0 aromatic heterocycles. The summed E-state index contributed by atoms with van der Waals surface area (Å²) in [5, 5.41) is 0. The number of urea groups is 1. The van der Waals surface area contributed by atoms with Gasteiger partial charge in [-0.3, -0.25) is 33.8 Å². The number of fused-ring (bicyclic) bond motifs is 5. The maximum absolute atomic E-state index is 13.4. The maximum Gasteiger partial charge on any atom is 0.335 e. The van der Waals surface area contributed by atoms with Crippen LogP contribution in [0.1, 0.15) is 33.1 Å². The average Bonchev–Trinajstić information content (AvgIpc) is 3.06. The highest BCUT2D eigenvalue weighted by atomic mass is 16.5. The molecule has 3 heterocycles. The van der Waals surface area contributed by atoms with Crippen LogP contribution in [-0.2, 0) is 28.7 Å². The first kappa shape index (κ1) is 20.2. The number of ether oxygens (including phenoxy) is 1. The Morgan fingerprint density at radius 1 is 1.17 bits per heavy atom. The van der Waals surface area contributed by atoms with Gasteiger partial charge < -0.3 is 4.74 Å². The molecule has 6 amide bonds. The molecule has 1 aliphatic carbocycles. The average molecular weight is 417 g/mol. The van der Waals surface area contributed by atoms with Crippen molar-refractivity contribution in [3.05, 3.63) is 11.1 Å². The van der Waals surface area contributed by atoms with Crippen molar-refractivity contribution in [3.63, 3.8) is 0 Å². The van der Waals surface area contributed by atoms with Crippen LogP contribution in [0, 0.1) is 17.8 Å². The van der Waals surface area contributed by atoms with Crippen molar-refractivity contribution in [1.29, 1.82) is 0 Å². The lowest BCUT2D eigenvalue weighted by atomic mass is 9.59. The molecule has 1 saturated carbocycles. The summed E-state index contributed by atoms with van der Waals surface area (Å²) >= 11 is 0. The van der Waals surface area contributed by atoms with Crippen molar-refractivity contribution >= 4 is 35.6 Å². The van der Waals surface area contributed by atoms with Crippen LogP contribution in [-0.4, -0.2) is 76.6 Å². The highest BCUT2D eigenvalue weighted by Gasteiger charge is 2.69. The first-order valence-electron chi connectivity index (χ1n) is 9.91. The van der Waals surface area contributed by atoms with Gasteiger partial charge in [0.25, 0.3) is 11.8 Å². The second-order valence-corrected chi connectivity index (χ2v) is 8.28. The Kier molecular flexibility index (Phi) is 4.37. The summed E-state index contributed by atoms with van der Waals surface area (Å²) in [6.07, 6.45) is 1.13. The van der Waals surface area contributed by atoms with Crippen molar-refractivity contribution in [2.75, 3.05) is 20.7 Å². The number of methoxy groups -OCH3 is 1. The molecule has 0 aromatic carbocycles. The standard InChI is InChI=1S/C20H23N3O7/c1-5-9-10-6-7-11-13(17(27)21(3)15(11)25)14(10)20(2)18(28)22(8-12(24)30-4)19(29)23(20)16(9)26/h11,13-14H,5-8H2,1-4H3/t11-,13-,14+,20+/m1/s1. The second kappa shape index (κ2) is 6.48. The Bertz CT molecular complexity index is 954. The number of likely N-dealkylation sites (tertiary alicyclic amines) is 1. The molecule has 10 heteroatoms. The van der Waals surface area contributed by atoms with Crippen LogP contribution in [0.25, 0.3) is 0 Å². The third-order valence-electron chi connectivity index (χ3n) is 7.04. The van der Waals surface area contributed by atoms with Gasteiger partial charge in [-0.1, -0.05) is 12.5 Å². The van der Waals surface area contributed by atoms with Gasteiger partial charge in [0.15, 0.2) is 0 Å². The maximum atomic E-state index is 13.4. The molecule has 0 aromatic rings. The van der Waals surface area contributed by atoms with Crippen LogP contribution in [0.3, 0.4) is 0 Å². The summed E-state index contributed by atoms with van der Waals surface area (Å²) in [5.41, 5.74) is -0.618. The van der Waals surface area contributed by atoms with Crippen molar-refractivity contribution in [2.24, 2.45) is 17.8 Å². The molecule has 30 heavy (non-hydrogen) atoms. The van der Waals surface area contributed by atoms with Crippen LogP contribution in [0.5, 0.6) is 0 Å². The number of amides is 6. The van der Waals surface area contributed by atoms with Crippen molar-refractivity contribution in [3.8, 4) is 0 Å². The van der Waals surface area contributed by atoms with E-state index < -0.39 is 59.6 Å². The van der Waals surface area contributed by atoms with E-state index in [1.807, 2.05) is 0 Å². The van der Waals surface area contributed by atoms with E-state index in [0.29, 0.717) is 35.3 Å². The van der Waals surface area contributed by atoms with Gasteiger partial charge in [0.1, 0.15) is 12.1 Å². The number of nitrogens with zero attached hydrogens (tertiary/aromatic N) is 3. The van der Waals surface area contributed by atoms with E-state index in [1.54, 1.807) is 6.92 Å². The summed E-state index contributed by atoms with van der Waals surface area (Å²) in [6, 6.07) is -0.907. The fourth-order valence-electron chi connectivity index (χ4n) is 5.62. The first-order chi connectivity index (χ1) is 14.1. The Balaban J connectivity index is 1.90. The van der Waals surface area contributed by atoms with Gasteiger partial charge >= 0.3 is 12.0 Å². The van der Waals surface area contributed by atoms with Crippen molar-refractivity contribution in [1.82, 2.24) is 14.7 Å². The molecule has 4 aliphatic rings. The summed E-state index contributed by atoms with van der Waals surface area (Å²) in [4.78, 5) is 79.8. The molecule has 160 valence electrons. The highest BCUT2D eigenvalue weighted by Crippen LogP contribution is 2.55. The van der Waals surface area contributed by atoms with Crippen molar-refractivity contribution < 1.29 is 33.5 Å². The van der Waals surface area contributed by atoms with Crippen LogP contribution in [0.2, 0.25) is 0 Å². The third kappa shape index (κ3) is 2.24. The molecule has 4 rings (SSSR count). The quantitative estimate of drug-likeness (QED) is 0.362. The largest absolute Gasteiger partial charge is 0.468 e. The van der Waals surface area contributed by atoms with E-state index in [2.05, 4.69) is 4.74 Å². The van der Waals surface area contributed by atoms with Crippen LogP contribution in [0.15, 0.2) is 11.1 Å². The zero-order valence-corrected chi connectivity index (χ0v) is 17.3. The lowest BCUT2D eigenvalue weighted by Crippen LogP contribution is -2.63. The first-order valence-corrected chi connectivity index (χ1v) is 9.91. The summed E-state index contributed by atoms with van der Waals surface area (Å²) < 4.78 is 4.58. The van der Waals surface area contributed by atoms with E-state index in [9.17, 15) is 28.8 Å². The van der Waals surface area contributed by atoms with Gasteiger partial charge in [0.2, 0.25) is 11.8 Å². The number of carbonyl (C=O) groups excluding carboxylic acids is 6. The smallest absolute Gasteiger partial charge is 0.335 e. The molecule has 3 fully saturated rings. The van der Waals surface area contributed by atoms with E-state index in [1.165, 1.54) is 14.0 Å². The SMILES string of the molecule is CCC1=C2CC[C@H]3C(=O)N(C)C(=O)[C@H]3[C@H]2[C@@]2(C)C(=O)N(CC(=O)OC)C(=O)N2C1=O. The summed E-state index contributed by atoms with van der Waals surface area (Å²) in [7, 11) is 2.54. The fraction of sp³-hybridized carbons (Fsp3) is 0.600. The minimum absolute atomic E-state index is 0.308. The predicted molar refractivity (Wildman–Crippen MR) is 99.2 cm³/mol. The topological polar surface area (TPSA) is 121 Å². The number of rotatable bonds is 3. The predicted octanol–water partition coefficient (Wildman–Crippen LogP) is 0.0701. The number of hydrogen-bond acceptors (Lipinski definition) is 7. The molecular weight excluding hydrogens is 394 g/mol. The third-order valence-corrected chi connectivity index (χ3v) is 7.04. The van der Waals surface area contributed by atoms with Crippen LogP contribution < -0.4 is 0 Å². The molecule has 2 saturated heterocycles. The molecule has 0 spiro atoms. The monoisotopic (exact) mass is 417 g/mol. The molecule has 0 N–H and O–H groups in total. The summed E-state index contributed by atoms with van der Waals surface area (Å²) in [6.45, 7) is 2.60. The Hall–Kier alpha value is -3.04. The normalized spacial score (nSPS) is 33.3. The zero-order valence-electron chi connectivity index (χ0n) is 17.3. The van der Waals surface area contributed by atoms with Gasteiger partial charge in [0.05, 0.1) is 18.9 Å². The molecule has 0 radical (unpaired) electrons. The highest BCUT2D eigenvalue weighted by molar-refractivity contribution is 6.20. The van der Waals surface area contributed by atoms with Gasteiger partial charge in [-0.05, 0) is 26.2 Å². The number of esters is 1. The number of carbonyl (C=O) groups is 6. The van der Waals surface area contributed by atoms with E-state index in [-0.39, 0.29) is 5.91 Å². The minimum Gasteiger partial charge on any atom is -0.468 e. The Morgan fingerprint density at radius 3 is 2.43 bits per heavy atom. The van der Waals surface area contributed by atoms with Crippen LogP contribution in [0.4, 0.5) is 4.79 Å². The molecule has 4 atom stereocenters. The number of hydrogen-bond donors (Lipinski definition) is 0. The van der Waals surface area contributed by atoms with Gasteiger partial charge in [-0.25, -0.2) is 9.69 Å². The molecule has 3 aliphatic heterocycles. The Labute approximate surface area is 172 Å². The van der Waals surface area contributed by atoms with Gasteiger partial charge in [0, 0.05) is 18.5 Å². The van der Waals surface area contributed by atoms with E-state index in [4.69, 9.17) is 0 Å². The minimum atomic E-state index is -1.68. The van der Waals surface area contributed by atoms with Crippen LogP contribution >= 0.6 is 0 Å². The summed E-state index contributed by atoms with van der Waals surface area (Å²) in [5.74, 6) is -5.07. The van der Waals surface area contributed by atoms with E-state index in [0.717, 1.165) is 16.9 Å². The van der Waals surface area contributed by atoms with Gasteiger partial charge in [-0.2, -0.15) is 0 Å². The van der Waals surface area contributed by atoms with Crippen molar-refractivity contribution in [2.45, 2.75) is 38.6 Å².